The molecule has 0 saturated carbocycles. The van der Waals surface area contributed by atoms with Crippen LogP contribution in [-0.4, -0.2) is 30.9 Å². The van der Waals surface area contributed by atoms with Crippen LogP contribution in [0.15, 0.2) is 54.6 Å². The molecule has 0 N–H and O–H groups in total. The predicted molar refractivity (Wildman–Crippen MR) is 99.4 cm³/mol. The molecule has 3 nitrogen and oxygen atoms in total. The van der Waals surface area contributed by atoms with Gasteiger partial charge < -0.3 is 4.74 Å². The van der Waals surface area contributed by atoms with E-state index in [1.807, 2.05) is 54.6 Å². The maximum atomic E-state index is 12.3. The number of hydrogen-bond acceptors (Lipinski definition) is 3. The zero-order valence-electron chi connectivity index (χ0n) is 14.7. The van der Waals surface area contributed by atoms with E-state index in [4.69, 9.17) is 4.74 Å². The van der Waals surface area contributed by atoms with E-state index >= 15 is 0 Å². The van der Waals surface area contributed by atoms with Crippen molar-refractivity contribution in [1.82, 2.24) is 4.90 Å². The molecular weight excluding hydrogens is 298 g/mol. The summed E-state index contributed by atoms with van der Waals surface area (Å²) in [6.07, 6.45) is 3.44. The zero-order chi connectivity index (χ0) is 17.4. The standard InChI is InChI=1S/C21H25NO2/c1-4-22(5-2)16-18-6-11-19(12-7-18)21(23)15-10-17-8-13-20(24-3)14-9-17/h6-15H,4-5,16H2,1-3H3/b15-10+. The summed E-state index contributed by atoms with van der Waals surface area (Å²) in [6, 6.07) is 15.5. The Bertz CT molecular complexity index is 668. The first-order valence-corrected chi connectivity index (χ1v) is 8.34. The average Bonchev–Trinajstić information content (AvgIpc) is 2.65. The number of benzene rings is 2. The Hall–Kier alpha value is -2.39. The highest BCUT2D eigenvalue weighted by Crippen LogP contribution is 2.13. The lowest BCUT2D eigenvalue weighted by Gasteiger charge is -2.17. The summed E-state index contributed by atoms with van der Waals surface area (Å²) in [7, 11) is 1.64. The monoisotopic (exact) mass is 323 g/mol. The zero-order valence-corrected chi connectivity index (χ0v) is 14.7. The third-order valence-corrected chi connectivity index (χ3v) is 4.08. The van der Waals surface area contributed by atoms with Crippen molar-refractivity contribution < 1.29 is 9.53 Å². The summed E-state index contributed by atoms with van der Waals surface area (Å²) >= 11 is 0. The first-order chi connectivity index (χ1) is 11.7. The van der Waals surface area contributed by atoms with Crippen molar-refractivity contribution in [3.05, 3.63) is 71.3 Å². The number of carbonyl (C=O) groups is 1. The van der Waals surface area contributed by atoms with Gasteiger partial charge in [0.1, 0.15) is 5.75 Å². The minimum atomic E-state index is 0.0141. The SMILES string of the molecule is CCN(CC)Cc1ccc(C(=O)/C=C/c2ccc(OC)cc2)cc1. The molecular formula is C21H25NO2. The molecule has 0 aliphatic rings. The van der Waals surface area contributed by atoms with Crippen LogP contribution in [0.3, 0.4) is 0 Å². The van der Waals surface area contributed by atoms with Crippen molar-refractivity contribution >= 4 is 11.9 Å². The molecule has 0 aromatic heterocycles. The quantitative estimate of drug-likeness (QED) is 0.531. The maximum Gasteiger partial charge on any atom is 0.185 e. The fourth-order valence-electron chi connectivity index (χ4n) is 2.46. The van der Waals surface area contributed by atoms with Gasteiger partial charge in [0.15, 0.2) is 5.78 Å². The Morgan fingerprint density at radius 3 is 2.17 bits per heavy atom. The van der Waals surface area contributed by atoms with E-state index in [0.717, 1.165) is 30.9 Å². The Morgan fingerprint density at radius 2 is 1.62 bits per heavy atom. The van der Waals surface area contributed by atoms with Crippen LogP contribution in [0.1, 0.15) is 35.3 Å². The number of nitrogens with zero attached hydrogens (tertiary/aromatic N) is 1. The minimum absolute atomic E-state index is 0.0141. The maximum absolute atomic E-state index is 12.3. The van der Waals surface area contributed by atoms with Crippen molar-refractivity contribution in [2.45, 2.75) is 20.4 Å². The van der Waals surface area contributed by atoms with Gasteiger partial charge in [-0.25, -0.2) is 0 Å². The van der Waals surface area contributed by atoms with Crippen LogP contribution in [-0.2, 0) is 6.54 Å². The fourth-order valence-corrected chi connectivity index (χ4v) is 2.46. The topological polar surface area (TPSA) is 29.5 Å². The van der Waals surface area contributed by atoms with Crippen molar-refractivity contribution in [3.8, 4) is 5.75 Å². The van der Waals surface area contributed by atoms with Gasteiger partial charge in [-0.15, -0.1) is 0 Å². The second-order valence-electron chi connectivity index (χ2n) is 5.63. The highest BCUT2D eigenvalue weighted by Gasteiger charge is 2.04. The first-order valence-electron chi connectivity index (χ1n) is 8.34. The van der Waals surface area contributed by atoms with E-state index in [0.29, 0.717) is 5.56 Å². The second-order valence-corrected chi connectivity index (χ2v) is 5.63. The molecule has 0 bridgehead atoms. The number of ketones is 1. The third kappa shape index (κ3) is 5.07. The van der Waals surface area contributed by atoms with Gasteiger partial charge in [-0.3, -0.25) is 9.69 Å². The molecule has 0 radical (unpaired) electrons. The Morgan fingerprint density at radius 1 is 1.00 bits per heavy atom. The van der Waals surface area contributed by atoms with Gasteiger partial charge in [-0.1, -0.05) is 56.3 Å². The number of methoxy groups -OCH3 is 1. The van der Waals surface area contributed by atoms with Gasteiger partial charge in [-0.05, 0) is 42.4 Å². The fraction of sp³-hybridized carbons (Fsp3) is 0.286. The Kier molecular flexibility index (Phi) is 6.76. The van der Waals surface area contributed by atoms with E-state index in [2.05, 4.69) is 18.7 Å². The van der Waals surface area contributed by atoms with E-state index in [-0.39, 0.29) is 5.78 Å². The molecule has 0 spiro atoms. The summed E-state index contributed by atoms with van der Waals surface area (Å²) < 4.78 is 5.12. The van der Waals surface area contributed by atoms with Gasteiger partial charge in [0.25, 0.3) is 0 Å². The van der Waals surface area contributed by atoms with E-state index in [1.54, 1.807) is 13.2 Å². The van der Waals surface area contributed by atoms with Crippen LogP contribution in [0.25, 0.3) is 6.08 Å². The normalized spacial score (nSPS) is 11.2. The summed E-state index contributed by atoms with van der Waals surface area (Å²) in [5.74, 6) is 0.822. The smallest absolute Gasteiger partial charge is 0.185 e. The molecule has 3 heteroatoms. The predicted octanol–water partition coefficient (Wildman–Crippen LogP) is 4.43. The molecule has 126 valence electrons. The van der Waals surface area contributed by atoms with Crippen LogP contribution in [0.4, 0.5) is 0 Å². The summed E-state index contributed by atoms with van der Waals surface area (Å²) in [5, 5.41) is 0. The molecule has 0 fully saturated rings. The Balaban J connectivity index is 2.00. The van der Waals surface area contributed by atoms with Gasteiger partial charge in [0.2, 0.25) is 0 Å². The molecule has 0 atom stereocenters. The van der Waals surface area contributed by atoms with Crippen molar-refractivity contribution in [2.24, 2.45) is 0 Å². The number of carbonyl (C=O) groups excluding carboxylic acids is 1. The van der Waals surface area contributed by atoms with Crippen molar-refractivity contribution in [1.29, 1.82) is 0 Å². The van der Waals surface area contributed by atoms with Gasteiger partial charge in [0, 0.05) is 12.1 Å². The lowest BCUT2D eigenvalue weighted by molar-refractivity contribution is 0.104. The number of hydrogen-bond donors (Lipinski definition) is 0. The summed E-state index contributed by atoms with van der Waals surface area (Å²) in [5.41, 5.74) is 2.92. The Labute approximate surface area is 144 Å². The molecule has 0 saturated heterocycles. The number of allylic oxidation sites excluding steroid dienone is 1. The van der Waals surface area contributed by atoms with Gasteiger partial charge in [-0.2, -0.15) is 0 Å². The lowest BCUT2D eigenvalue weighted by atomic mass is 10.1. The van der Waals surface area contributed by atoms with E-state index in [9.17, 15) is 4.79 Å². The molecule has 0 amide bonds. The van der Waals surface area contributed by atoms with Crippen LogP contribution in [0.2, 0.25) is 0 Å². The van der Waals surface area contributed by atoms with E-state index < -0.39 is 0 Å². The molecule has 2 aromatic carbocycles. The highest BCUT2D eigenvalue weighted by molar-refractivity contribution is 6.06. The largest absolute Gasteiger partial charge is 0.497 e. The third-order valence-electron chi connectivity index (χ3n) is 4.08. The minimum Gasteiger partial charge on any atom is -0.497 e. The van der Waals surface area contributed by atoms with Crippen LogP contribution < -0.4 is 4.74 Å². The van der Waals surface area contributed by atoms with Crippen LogP contribution >= 0.6 is 0 Å². The first kappa shape index (κ1) is 18.0. The molecule has 0 unspecified atom stereocenters. The molecule has 0 aliphatic carbocycles. The molecule has 0 heterocycles. The molecule has 2 aromatic rings. The number of rotatable bonds is 8. The molecule has 24 heavy (non-hydrogen) atoms. The molecule has 2 rings (SSSR count). The number of ether oxygens (including phenoxy) is 1. The summed E-state index contributed by atoms with van der Waals surface area (Å²) in [4.78, 5) is 14.6. The highest BCUT2D eigenvalue weighted by atomic mass is 16.5. The average molecular weight is 323 g/mol. The van der Waals surface area contributed by atoms with Crippen LogP contribution in [0.5, 0.6) is 5.75 Å². The van der Waals surface area contributed by atoms with Crippen molar-refractivity contribution in [3.63, 3.8) is 0 Å². The molecule has 0 aliphatic heterocycles. The second kappa shape index (κ2) is 9.04. The van der Waals surface area contributed by atoms with E-state index in [1.165, 1.54) is 5.56 Å². The summed E-state index contributed by atoms with van der Waals surface area (Å²) in [6.45, 7) is 7.30. The van der Waals surface area contributed by atoms with Gasteiger partial charge in [0.05, 0.1) is 7.11 Å². The van der Waals surface area contributed by atoms with Gasteiger partial charge >= 0.3 is 0 Å². The lowest BCUT2D eigenvalue weighted by Crippen LogP contribution is -2.22. The van der Waals surface area contributed by atoms with Crippen molar-refractivity contribution in [2.75, 3.05) is 20.2 Å². The van der Waals surface area contributed by atoms with Crippen LogP contribution in [0, 0.1) is 0 Å².